The van der Waals surface area contributed by atoms with Crippen LogP contribution in [0.5, 0.6) is 0 Å². The molecule has 0 spiro atoms. The highest BCUT2D eigenvalue weighted by molar-refractivity contribution is 7.68. The molecule has 36 heavy (non-hydrogen) atoms. The Morgan fingerprint density at radius 1 is 1.06 bits per heavy atom. The molecule has 0 aliphatic carbocycles. The molecular formula is C26H25FNO7P. The van der Waals surface area contributed by atoms with Gasteiger partial charge in [-0.1, -0.05) is 72.3 Å². The van der Waals surface area contributed by atoms with Crippen molar-refractivity contribution in [2.24, 2.45) is 5.73 Å². The molecule has 1 atom stereocenters. The lowest BCUT2D eigenvalue weighted by Gasteiger charge is -2.38. The van der Waals surface area contributed by atoms with Crippen LogP contribution < -0.4 is 5.73 Å². The zero-order valence-electron chi connectivity index (χ0n) is 19.3. The van der Waals surface area contributed by atoms with Gasteiger partial charge in [0, 0.05) is 5.56 Å². The lowest BCUT2D eigenvalue weighted by Crippen LogP contribution is -2.68. The lowest BCUT2D eigenvalue weighted by atomic mass is 9.83. The summed E-state index contributed by atoms with van der Waals surface area (Å²) in [5, 5.41) is 31.1. The highest BCUT2D eigenvalue weighted by atomic mass is 31.2. The van der Waals surface area contributed by atoms with E-state index in [1.54, 1.807) is 54.6 Å². The van der Waals surface area contributed by atoms with Gasteiger partial charge in [0.25, 0.3) is 5.79 Å². The maximum atomic E-state index is 16.0. The number of fused-ring (bicyclic) bond motifs is 1. The summed E-state index contributed by atoms with van der Waals surface area (Å²) in [6.45, 7) is 0.943. The van der Waals surface area contributed by atoms with Crippen LogP contribution in [-0.2, 0) is 20.0 Å². The SMILES string of the molecule is Cc1ccc(C(=O)c2c(-c3ccccc3)ccc(CCC(N)(CO)C(O)(O)C34OP3(=O)O4)c2F)cc1. The Kier molecular flexibility index (Phi) is 5.81. The Bertz CT molecular complexity index is 1380. The van der Waals surface area contributed by atoms with Crippen LogP contribution in [0.2, 0.25) is 0 Å². The van der Waals surface area contributed by atoms with Crippen LogP contribution in [0.15, 0.2) is 66.7 Å². The fourth-order valence-corrected chi connectivity index (χ4v) is 6.23. The number of hydrogen-bond acceptors (Lipinski definition) is 8. The van der Waals surface area contributed by atoms with E-state index in [9.17, 15) is 24.7 Å². The molecule has 10 heteroatoms. The standard InChI is InChI=1S/C26H25FNO7P/c1-16-7-9-19(10-8-16)23(30)21-20(17-5-3-2-4-6-17)12-11-18(22(21)27)13-14-24(28,15-29)25(31,32)26-34-36(26,33)35-26/h2-12,29,31-32H,13-15,28H2,1H3. The van der Waals surface area contributed by atoms with Gasteiger partial charge in [0.15, 0.2) is 5.78 Å². The summed E-state index contributed by atoms with van der Waals surface area (Å²) in [5.41, 5.74) is 4.05. The number of aliphatic hydroxyl groups excluding tert-OH is 1. The van der Waals surface area contributed by atoms with Crippen molar-refractivity contribution in [3.8, 4) is 11.1 Å². The molecule has 2 heterocycles. The molecule has 5 rings (SSSR count). The molecule has 0 saturated carbocycles. The first-order chi connectivity index (χ1) is 17.0. The lowest BCUT2D eigenvalue weighted by molar-refractivity contribution is -0.290. The van der Waals surface area contributed by atoms with Gasteiger partial charge in [0.2, 0.25) is 0 Å². The van der Waals surface area contributed by atoms with Crippen LogP contribution in [0.3, 0.4) is 0 Å². The highest BCUT2D eigenvalue weighted by Gasteiger charge is 3.01. The maximum absolute atomic E-state index is 16.0. The van der Waals surface area contributed by atoms with Crippen LogP contribution in [0.4, 0.5) is 4.39 Å². The quantitative estimate of drug-likeness (QED) is 0.148. The van der Waals surface area contributed by atoms with Gasteiger partial charge in [-0.05, 0) is 36.5 Å². The largest absolute Gasteiger partial charge is 0.403 e. The van der Waals surface area contributed by atoms with Crippen molar-refractivity contribution in [3.63, 3.8) is 0 Å². The van der Waals surface area contributed by atoms with Gasteiger partial charge < -0.3 is 21.1 Å². The minimum atomic E-state index is -3.60. The number of benzene rings is 3. The number of nitrogens with two attached hydrogens (primary N) is 1. The first kappa shape index (κ1) is 24.9. The van der Waals surface area contributed by atoms with Crippen LogP contribution in [0, 0.1) is 12.7 Å². The van der Waals surface area contributed by atoms with E-state index in [2.05, 4.69) is 0 Å². The summed E-state index contributed by atoms with van der Waals surface area (Å²) in [7, 11) is -3.60. The van der Waals surface area contributed by atoms with Gasteiger partial charge in [-0.25, -0.2) is 4.39 Å². The normalized spacial score (nSPS) is 24.1. The minimum absolute atomic E-state index is 0.0818. The van der Waals surface area contributed by atoms with E-state index < -0.39 is 42.7 Å². The molecule has 0 amide bonds. The average Bonchev–Trinajstić information content (AvgIpc) is 3.69. The van der Waals surface area contributed by atoms with Crippen molar-refractivity contribution in [2.75, 3.05) is 6.61 Å². The van der Waals surface area contributed by atoms with E-state index in [0.29, 0.717) is 16.7 Å². The van der Waals surface area contributed by atoms with Gasteiger partial charge in [0.1, 0.15) is 5.82 Å². The molecule has 2 saturated heterocycles. The van der Waals surface area contributed by atoms with Gasteiger partial charge in [-0.3, -0.25) is 18.4 Å². The Hall–Kier alpha value is -2.75. The summed E-state index contributed by atoms with van der Waals surface area (Å²) < 4.78 is 37.4. The van der Waals surface area contributed by atoms with Crippen LogP contribution >= 0.6 is 7.60 Å². The topological polar surface area (TPSA) is 146 Å². The fraction of sp³-hybridized carbons (Fsp3) is 0.269. The van der Waals surface area contributed by atoms with Crippen molar-refractivity contribution >= 4 is 13.4 Å². The summed E-state index contributed by atoms with van der Waals surface area (Å²) >= 11 is 0. The Morgan fingerprint density at radius 2 is 1.67 bits per heavy atom. The van der Waals surface area contributed by atoms with Crippen molar-refractivity contribution in [1.29, 1.82) is 0 Å². The van der Waals surface area contributed by atoms with Crippen molar-refractivity contribution in [3.05, 3.63) is 94.8 Å². The molecule has 2 aliphatic rings. The molecule has 3 aromatic rings. The molecule has 188 valence electrons. The molecule has 3 aromatic carbocycles. The van der Waals surface area contributed by atoms with E-state index in [-0.39, 0.29) is 24.0 Å². The third-order valence-electron chi connectivity index (χ3n) is 6.89. The average molecular weight is 513 g/mol. The molecule has 2 aliphatic heterocycles. The molecule has 0 bridgehead atoms. The Morgan fingerprint density at radius 3 is 2.22 bits per heavy atom. The zero-order chi connectivity index (χ0) is 25.9. The van der Waals surface area contributed by atoms with Crippen molar-refractivity contribution in [2.45, 2.75) is 36.6 Å². The van der Waals surface area contributed by atoms with Gasteiger partial charge in [-0.2, -0.15) is 0 Å². The van der Waals surface area contributed by atoms with Crippen LogP contribution in [-0.4, -0.2) is 44.6 Å². The monoisotopic (exact) mass is 513 g/mol. The number of carbonyl (C=O) groups excluding carboxylic acids is 1. The summed E-state index contributed by atoms with van der Waals surface area (Å²) in [4.78, 5) is 13.5. The Balaban J connectivity index is 1.51. The molecular weight excluding hydrogens is 488 g/mol. The van der Waals surface area contributed by atoms with Crippen molar-refractivity contribution < 1.29 is 38.1 Å². The van der Waals surface area contributed by atoms with E-state index in [0.717, 1.165) is 5.56 Å². The summed E-state index contributed by atoms with van der Waals surface area (Å²) in [5.74, 6) is -4.27. The second kappa shape index (κ2) is 8.39. The number of rotatable bonds is 9. The number of ketones is 1. The molecule has 0 radical (unpaired) electrons. The number of aryl methyl sites for hydroxylation is 2. The first-order valence-electron chi connectivity index (χ1n) is 11.3. The van der Waals surface area contributed by atoms with E-state index >= 15 is 4.39 Å². The van der Waals surface area contributed by atoms with Crippen molar-refractivity contribution in [1.82, 2.24) is 0 Å². The minimum Gasteiger partial charge on any atom is -0.394 e. The molecule has 5 N–H and O–H groups in total. The fourth-order valence-electron chi connectivity index (χ4n) is 4.39. The molecule has 8 nitrogen and oxygen atoms in total. The number of aliphatic hydroxyl groups is 3. The zero-order valence-corrected chi connectivity index (χ0v) is 20.2. The number of carbonyl (C=O) groups is 1. The smallest absolute Gasteiger partial charge is 0.394 e. The van der Waals surface area contributed by atoms with E-state index in [4.69, 9.17) is 14.8 Å². The van der Waals surface area contributed by atoms with Gasteiger partial charge in [0.05, 0.1) is 17.7 Å². The van der Waals surface area contributed by atoms with Crippen LogP contribution in [0.25, 0.3) is 11.1 Å². The second-order valence-corrected chi connectivity index (χ2v) is 11.2. The van der Waals surface area contributed by atoms with Crippen LogP contribution in [0.1, 0.15) is 33.5 Å². The molecule has 1 unspecified atom stereocenters. The predicted molar refractivity (Wildman–Crippen MR) is 128 cm³/mol. The summed E-state index contributed by atoms with van der Waals surface area (Å²) in [6, 6.07) is 18.8. The van der Waals surface area contributed by atoms with Gasteiger partial charge >= 0.3 is 13.1 Å². The number of halogens is 1. The molecule has 2 fully saturated rings. The maximum Gasteiger partial charge on any atom is 0.403 e. The highest BCUT2D eigenvalue weighted by Crippen LogP contribution is 3.00. The number of hydrogen-bond donors (Lipinski definition) is 4. The third kappa shape index (κ3) is 3.67. The molecule has 0 aromatic heterocycles. The van der Waals surface area contributed by atoms with E-state index in [1.807, 2.05) is 13.0 Å². The third-order valence-corrected chi connectivity index (χ3v) is 8.77. The second-order valence-electron chi connectivity index (χ2n) is 9.27. The summed E-state index contributed by atoms with van der Waals surface area (Å²) in [6.07, 6.45) is -0.514. The Labute approximate surface area is 206 Å². The van der Waals surface area contributed by atoms with E-state index in [1.165, 1.54) is 6.07 Å². The first-order valence-corrected chi connectivity index (χ1v) is 12.9. The van der Waals surface area contributed by atoms with Gasteiger partial charge in [-0.15, -0.1) is 0 Å². The predicted octanol–water partition coefficient (Wildman–Crippen LogP) is 3.24.